The number of carbonyl (C=O) groups is 1. The van der Waals surface area contributed by atoms with Gasteiger partial charge in [-0.1, -0.05) is 0 Å². The molecule has 1 atom stereocenters. The van der Waals surface area contributed by atoms with Crippen LogP contribution in [0.25, 0.3) is 0 Å². The van der Waals surface area contributed by atoms with E-state index in [0.717, 1.165) is 26.3 Å². The molecule has 0 saturated heterocycles. The number of nitrogens with one attached hydrogen (secondary N) is 1. The van der Waals surface area contributed by atoms with Gasteiger partial charge in [-0.15, -0.1) is 0 Å². The Bertz CT molecular complexity index is 272. The number of carbonyl (C=O) groups excluding carboxylic acids is 1. The van der Waals surface area contributed by atoms with Crippen LogP contribution < -0.4 is 5.32 Å². The van der Waals surface area contributed by atoms with E-state index in [1.165, 1.54) is 0 Å². The first kappa shape index (κ1) is 19.4. The zero-order valence-electron chi connectivity index (χ0n) is 14.0. The summed E-state index contributed by atoms with van der Waals surface area (Å²) in [5.74, 6) is -0.174. The second-order valence-electron chi connectivity index (χ2n) is 5.60. The predicted molar refractivity (Wildman–Crippen MR) is 81.9 cm³/mol. The first-order chi connectivity index (χ1) is 9.35. The Morgan fingerprint density at radius 3 is 2.40 bits per heavy atom. The standard InChI is InChI=1S/C15H32N2O3/c1-7-19-12-11-17(6)10-9-15(5,16-13(3)4)14(18)20-8-2/h13,16H,7-12H2,1-6H3. The van der Waals surface area contributed by atoms with Crippen LogP contribution in [0, 0.1) is 0 Å². The summed E-state index contributed by atoms with van der Waals surface area (Å²) in [5, 5.41) is 3.33. The highest BCUT2D eigenvalue weighted by Gasteiger charge is 2.34. The summed E-state index contributed by atoms with van der Waals surface area (Å²) in [6.07, 6.45) is 0.715. The minimum atomic E-state index is -0.635. The Morgan fingerprint density at radius 1 is 1.25 bits per heavy atom. The van der Waals surface area contributed by atoms with Gasteiger partial charge in [-0.2, -0.15) is 0 Å². The van der Waals surface area contributed by atoms with Gasteiger partial charge in [0.2, 0.25) is 0 Å². The second kappa shape index (κ2) is 10.1. The second-order valence-corrected chi connectivity index (χ2v) is 5.60. The number of hydrogen-bond donors (Lipinski definition) is 1. The van der Waals surface area contributed by atoms with Crippen molar-refractivity contribution in [2.24, 2.45) is 0 Å². The minimum absolute atomic E-state index is 0.174. The quantitative estimate of drug-likeness (QED) is 0.463. The average molecular weight is 288 g/mol. The first-order valence-electron chi connectivity index (χ1n) is 7.57. The van der Waals surface area contributed by atoms with Gasteiger partial charge in [0, 0.05) is 25.7 Å². The van der Waals surface area contributed by atoms with E-state index in [2.05, 4.69) is 10.2 Å². The Balaban J connectivity index is 4.38. The molecule has 0 saturated carbocycles. The number of hydrogen-bond acceptors (Lipinski definition) is 5. The fourth-order valence-corrected chi connectivity index (χ4v) is 2.05. The third kappa shape index (κ3) is 7.82. The number of likely N-dealkylation sites (N-methyl/N-ethyl adjacent to an activating group) is 1. The van der Waals surface area contributed by atoms with Crippen LogP contribution in [0.2, 0.25) is 0 Å². The van der Waals surface area contributed by atoms with Crippen LogP contribution in [0.3, 0.4) is 0 Å². The lowest BCUT2D eigenvalue weighted by Gasteiger charge is -2.32. The Kier molecular flexibility index (Phi) is 9.80. The van der Waals surface area contributed by atoms with Gasteiger partial charge in [-0.05, 0) is 48.1 Å². The monoisotopic (exact) mass is 288 g/mol. The van der Waals surface area contributed by atoms with Gasteiger partial charge in [0.1, 0.15) is 5.54 Å². The van der Waals surface area contributed by atoms with Crippen molar-refractivity contribution in [3.63, 3.8) is 0 Å². The molecule has 5 nitrogen and oxygen atoms in total. The number of rotatable bonds is 11. The van der Waals surface area contributed by atoms with Crippen LogP contribution in [0.15, 0.2) is 0 Å². The van der Waals surface area contributed by atoms with Gasteiger partial charge >= 0.3 is 5.97 Å². The topological polar surface area (TPSA) is 50.8 Å². The molecule has 0 spiro atoms. The third-order valence-corrected chi connectivity index (χ3v) is 3.15. The molecular weight excluding hydrogens is 256 g/mol. The van der Waals surface area contributed by atoms with E-state index >= 15 is 0 Å². The van der Waals surface area contributed by atoms with E-state index in [0.29, 0.717) is 13.0 Å². The van der Waals surface area contributed by atoms with Crippen molar-refractivity contribution in [3.8, 4) is 0 Å². The largest absolute Gasteiger partial charge is 0.465 e. The molecule has 0 heterocycles. The zero-order chi connectivity index (χ0) is 15.6. The third-order valence-electron chi connectivity index (χ3n) is 3.15. The van der Waals surface area contributed by atoms with Gasteiger partial charge in [0.15, 0.2) is 0 Å². The molecule has 0 bridgehead atoms. The molecule has 0 amide bonds. The van der Waals surface area contributed by atoms with Crippen molar-refractivity contribution >= 4 is 5.97 Å². The van der Waals surface area contributed by atoms with E-state index in [1.807, 2.05) is 41.7 Å². The van der Waals surface area contributed by atoms with Crippen LogP contribution in [0.4, 0.5) is 0 Å². The molecule has 0 radical (unpaired) electrons. The molecule has 120 valence electrons. The van der Waals surface area contributed by atoms with E-state index in [1.54, 1.807) is 0 Å². The molecule has 0 aromatic rings. The van der Waals surface area contributed by atoms with E-state index in [4.69, 9.17) is 9.47 Å². The van der Waals surface area contributed by atoms with Crippen LogP contribution >= 0.6 is 0 Å². The molecule has 5 heteroatoms. The number of esters is 1. The Labute approximate surface area is 124 Å². The van der Waals surface area contributed by atoms with Crippen LogP contribution in [0.1, 0.15) is 41.0 Å². The Hall–Kier alpha value is -0.650. The normalized spacial score (nSPS) is 14.6. The molecule has 0 fully saturated rings. The molecule has 20 heavy (non-hydrogen) atoms. The van der Waals surface area contributed by atoms with Crippen molar-refractivity contribution in [3.05, 3.63) is 0 Å². The van der Waals surface area contributed by atoms with Crippen molar-refractivity contribution in [2.75, 3.05) is 40.0 Å². The van der Waals surface area contributed by atoms with Gasteiger partial charge < -0.3 is 14.4 Å². The van der Waals surface area contributed by atoms with E-state index < -0.39 is 5.54 Å². The maximum Gasteiger partial charge on any atom is 0.326 e. The number of nitrogens with zero attached hydrogens (tertiary/aromatic N) is 1. The molecule has 0 aromatic heterocycles. The van der Waals surface area contributed by atoms with Gasteiger partial charge in [0.05, 0.1) is 13.2 Å². The molecule has 0 aliphatic carbocycles. The summed E-state index contributed by atoms with van der Waals surface area (Å²) in [5.41, 5.74) is -0.635. The molecule has 0 aliphatic rings. The fraction of sp³-hybridized carbons (Fsp3) is 0.933. The van der Waals surface area contributed by atoms with Crippen molar-refractivity contribution in [1.29, 1.82) is 0 Å². The molecule has 0 rings (SSSR count). The van der Waals surface area contributed by atoms with Gasteiger partial charge in [0.25, 0.3) is 0 Å². The van der Waals surface area contributed by atoms with Crippen LogP contribution in [-0.2, 0) is 14.3 Å². The van der Waals surface area contributed by atoms with Crippen LogP contribution in [-0.4, -0.2) is 62.4 Å². The molecule has 1 N–H and O–H groups in total. The maximum atomic E-state index is 12.1. The minimum Gasteiger partial charge on any atom is -0.465 e. The summed E-state index contributed by atoms with van der Waals surface area (Å²) >= 11 is 0. The van der Waals surface area contributed by atoms with E-state index in [9.17, 15) is 4.79 Å². The maximum absolute atomic E-state index is 12.1. The summed E-state index contributed by atoms with van der Waals surface area (Å²) in [7, 11) is 2.04. The highest BCUT2D eigenvalue weighted by Crippen LogP contribution is 2.14. The van der Waals surface area contributed by atoms with Gasteiger partial charge in [-0.3, -0.25) is 10.1 Å². The van der Waals surface area contributed by atoms with E-state index in [-0.39, 0.29) is 12.0 Å². The number of ether oxygens (including phenoxy) is 2. The lowest BCUT2D eigenvalue weighted by molar-refractivity contribution is -0.151. The van der Waals surface area contributed by atoms with Crippen molar-refractivity contribution < 1.29 is 14.3 Å². The Morgan fingerprint density at radius 2 is 1.90 bits per heavy atom. The molecule has 0 aliphatic heterocycles. The van der Waals surface area contributed by atoms with Gasteiger partial charge in [-0.25, -0.2) is 0 Å². The predicted octanol–water partition coefficient (Wildman–Crippen LogP) is 1.66. The zero-order valence-corrected chi connectivity index (χ0v) is 14.0. The summed E-state index contributed by atoms with van der Waals surface area (Å²) in [4.78, 5) is 14.3. The lowest BCUT2D eigenvalue weighted by Crippen LogP contribution is -2.54. The SMILES string of the molecule is CCOCCN(C)CCC(C)(NC(C)C)C(=O)OCC. The first-order valence-corrected chi connectivity index (χ1v) is 7.57. The summed E-state index contributed by atoms with van der Waals surface area (Å²) in [6.45, 7) is 13.4. The molecule has 0 aromatic carbocycles. The average Bonchev–Trinajstić information content (AvgIpc) is 2.36. The fourth-order valence-electron chi connectivity index (χ4n) is 2.05. The summed E-state index contributed by atoms with van der Waals surface area (Å²) in [6, 6.07) is 0.234. The summed E-state index contributed by atoms with van der Waals surface area (Å²) < 4.78 is 10.5. The molecular formula is C15H32N2O3. The lowest BCUT2D eigenvalue weighted by atomic mass is 9.96. The molecule has 1 unspecified atom stereocenters. The highest BCUT2D eigenvalue weighted by molar-refractivity contribution is 5.80. The van der Waals surface area contributed by atoms with Crippen molar-refractivity contribution in [1.82, 2.24) is 10.2 Å². The van der Waals surface area contributed by atoms with Crippen LogP contribution in [0.5, 0.6) is 0 Å². The highest BCUT2D eigenvalue weighted by atomic mass is 16.5. The van der Waals surface area contributed by atoms with Crippen molar-refractivity contribution in [2.45, 2.75) is 52.6 Å². The smallest absolute Gasteiger partial charge is 0.326 e.